The minimum Gasteiger partial charge on any atom is -0.506 e. The molecule has 1 heterocycles. The smallest absolute Gasteiger partial charge is 0.134 e. The Morgan fingerprint density at radius 3 is 2.67 bits per heavy atom. The Morgan fingerprint density at radius 2 is 1.83 bits per heavy atom. The van der Waals surface area contributed by atoms with Crippen LogP contribution in [0.1, 0.15) is 22.6 Å². The number of likely N-dealkylation sites (N-methyl/N-ethyl adjacent to an activating group) is 1. The van der Waals surface area contributed by atoms with E-state index in [1.54, 1.807) is 0 Å². The summed E-state index contributed by atoms with van der Waals surface area (Å²) in [5.74, 6) is 0.408. The monoisotopic (exact) mass is 337 g/mol. The van der Waals surface area contributed by atoms with Crippen LogP contribution in [-0.4, -0.2) is 30.1 Å². The van der Waals surface area contributed by atoms with Gasteiger partial charge in [-0.2, -0.15) is 0 Å². The Morgan fingerprint density at radius 1 is 1.04 bits per heavy atom. The molecule has 24 heavy (non-hydrogen) atoms. The van der Waals surface area contributed by atoms with E-state index >= 15 is 0 Å². The van der Waals surface area contributed by atoms with Gasteiger partial charge in [0.25, 0.3) is 0 Å². The molecule has 1 aliphatic rings. The minimum absolute atomic E-state index is 0.172. The molecule has 3 aromatic rings. The van der Waals surface area contributed by atoms with E-state index in [1.165, 1.54) is 27.5 Å². The number of phenols is 1. The highest BCUT2D eigenvalue weighted by molar-refractivity contribution is 6.32. The van der Waals surface area contributed by atoms with E-state index < -0.39 is 0 Å². The van der Waals surface area contributed by atoms with Gasteiger partial charge in [-0.1, -0.05) is 54.1 Å². The fourth-order valence-electron chi connectivity index (χ4n) is 3.68. The Kier molecular flexibility index (Phi) is 3.95. The zero-order valence-corrected chi connectivity index (χ0v) is 14.4. The zero-order valence-electron chi connectivity index (χ0n) is 13.7. The van der Waals surface area contributed by atoms with Gasteiger partial charge >= 0.3 is 0 Å². The van der Waals surface area contributed by atoms with E-state index in [0.717, 1.165) is 19.5 Å². The molecule has 3 heteroatoms. The topological polar surface area (TPSA) is 23.5 Å². The van der Waals surface area contributed by atoms with E-state index in [2.05, 4.69) is 54.4 Å². The number of rotatable bonds is 1. The summed E-state index contributed by atoms with van der Waals surface area (Å²) in [4.78, 5) is 2.35. The zero-order chi connectivity index (χ0) is 16.7. The number of fused-ring (bicyclic) bond motifs is 2. The quantitative estimate of drug-likeness (QED) is 0.688. The van der Waals surface area contributed by atoms with E-state index in [9.17, 15) is 5.11 Å². The largest absolute Gasteiger partial charge is 0.506 e. The van der Waals surface area contributed by atoms with E-state index in [1.807, 2.05) is 12.1 Å². The normalized spacial score (nSPS) is 18.3. The van der Waals surface area contributed by atoms with Crippen molar-refractivity contribution in [3.63, 3.8) is 0 Å². The van der Waals surface area contributed by atoms with Crippen LogP contribution >= 0.6 is 11.6 Å². The van der Waals surface area contributed by atoms with Gasteiger partial charge in [0, 0.05) is 19.0 Å². The number of nitrogens with zero attached hydrogens (tertiary/aromatic N) is 1. The Balaban J connectivity index is 1.87. The molecule has 0 amide bonds. The van der Waals surface area contributed by atoms with Gasteiger partial charge in [-0.15, -0.1) is 0 Å². The fourth-order valence-corrected chi connectivity index (χ4v) is 3.87. The van der Waals surface area contributed by atoms with Crippen LogP contribution in [0.5, 0.6) is 5.75 Å². The first-order valence-corrected chi connectivity index (χ1v) is 8.68. The summed E-state index contributed by atoms with van der Waals surface area (Å²) in [6, 6.07) is 18.9. The molecule has 4 rings (SSSR count). The average molecular weight is 338 g/mol. The van der Waals surface area contributed by atoms with Crippen LogP contribution in [0.25, 0.3) is 10.8 Å². The Bertz CT molecular complexity index is 905. The maximum Gasteiger partial charge on any atom is 0.134 e. The number of hydrogen-bond donors (Lipinski definition) is 1. The van der Waals surface area contributed by atoms with Gasteiger partial charge in [0.1, 0.15) is 5.75 Å². The number of benzene rings is 3. The molecule has 2 nitrogen and oxygen atoms in total. The lowest BCUT2D eigenvalue weighted by Gasteiger charge is -2.22. The standard InChI is InChI=1S/C21H20ClNO/c1-23-9-8-17-11-20(22)21(24)12-18(17)19(13-23)16-7-6-14-4-2-3-5-15(14)10-16/h2-7,10-12,19,24H,8-9,13H2,1H3. The summed E-state index contributed by atoms with van der Waals surface area (Å²) in [6.45, 7) is 1.94. The third-order valence-corrected chi connectivity index (χ3v) is 5.32. The molecule has 3 aromatic carbocycles. The van der Waals surface area contributed by atoms with Crippen LogP contribution in [-0.2, 0) is 6.42 Å². The highest BCUT2D eigenvalue weighted by Gasteiger charge is 2.24. The van der Waals surface area contributed by atoms with Crippen LogP contribution in [0.4, 0.5) is 0 Å². The fraction of sp³-hybridized carbons (Fsp3) is 0.238. The van der Waals surface area contributed by atoms with Crippen molar-refractivity contribution < 1.29 is 5.11 Å². The van der Waals surface area contributed by atoms with Gasteiger partial charge in [-0.3, -0.25) is 0 Å². The second-order valence-electron chi connectivity index (χ2n) is 6.67. The Labute approximate surface area is 147 Å². The molecular formula is C21H20ClNO. The van der Waals surface area contributed by atoms with Crippen molar-refractivity contribution in [1.29, 1.82) is 0 Å². The summed E-state index contributed by atoms with van der Waals surface area (Å²) < 4.78 is 0. The molecule has 0 fully saturated rings. The molecule has 0 bridgehead atoms. The predicted octanol–water partition coefficient (Wildman–Crippen LogP) is 4.82. The summed E-state index contributed by atoms with van der Waals surface area (Å²) in [5.41, 5.74) is 3.71. The highest BCUT2D eigenvalue weighted by atomic mass is 35.5. The second-order valence-corrected chi connectivity index (χ2v) is 7.08. The lowest BCUT2D eigenvalue weighted by molar-refractivity contribution is 0.338. The van der Waals surface area contributed by atoms with Crippen molar-refractivity contribution in [2.45, 2.75) is 12.3 Å². The van der Waals surface area contributed by atoms with Crippen molar-refractivity contribution >= 4 is 22.4 Å². The molecule has 0 saturated heterocycles. The van der Waals surface area contributed by atoms with Crippen LogP contribution in [0, 0.1) is 0 Å². The van der Waals surface area contributed by atoms with Crippen molar-refractivity contribution in [3.05, 3.63) is 76.3 Å². The van der Waals surface area contributed by atoms with Crippen LogP contribution in [0.15, 0.2) is 54.6 Å². The van der Waals surface area contributed by atoms with Crippen molar-refractivity contribution in [2.75, 3.05) is 20.1 Å². The van der Waals surface area contributed by atoms with Gasteiger partial charge in [-0.05, 0) is 53.1 Å². The van der Waals surface area contributed by atoms with E-state index in [-0.39, 0.29) is 11.7 Å². The molecule has 122 valence electrons. The van der Waals surface area contributed by atoms with E-state index in [0.29, 0.717) is 5.02 Å². The molecule has 0 radical (unpaired) electrons. The second kappa shape index (κ2) is 6.12. The summed E-state index contributed by atoms with van der Waals surface area (Å²) in [5, 5.41) is 13.1. The lowest BCUT2D eigenvalue weighted by Crippen LogP contribution is -2.24. The molecule has 1 unspecified atom stereocenters. The van der Waals surface area contributed by atoms with Crippen molar-refractivity contribution in [1.82, 2.24) is 4.90 Å². The first-order valence-electron chi connectivity index (χ1n) is 8.30. The minimum atomic E-state index is 0.172. The van der Waals surface area contributed by atoms with Crippen molar-refractivity contribution in [2.24, 2.45) is 0 Å². The highest BCUT2D eigenvalue weighted by Crippen LogP contribution is 2.37. The number of phenolic OH excluding ortho intramolecular Hbond substituents is 1. The maximum atomic E-state index is 10.1. The lowest BCUT2D eigenvalue weighted by atomic mass is 9.87. The summed E-state index contributed by atoms with van der Waals surface area (Å²) >= 11 is 6.14. The van der Waals surface area contributed by atoms with Gasteiger partial charge in [0.15, 0.2) is 0 Å². The third-order valence-electron chi connectivity index (χ3n) is 5.02. The maximum absolute atomic E-state index is 10.1. The molecule has 0 aromatic heterocycles. The van der Waals surface area contributed by atoms with Gasteiger partial charge in [-0.25, -0.2) is 0 Å². The van der Waals surface area contributed by atoms with Crippen LogP contribution < -0.4 is 0 Å². The summed E-state index contributed by atoms with van der Waals surface area (Å²) in [7, 11) is 2.15. The number of aromatic hydroxyl groups is 1. The SMILES string of the molecule is CN1CCc2cc(Cl)c(O)cc2C(c2ccc3ccccc3c2)C1. The average Bonchev–Trinajstić information content (AvgIpc) is 2.75. The molecule has 1 atom stereocenters. The molecule has 0 aliphatic carbocycles. The first-order chi connectivity index (χ1) is 11.6. The molecular weight excluding hydrogens is 318 g/mol. The van der Waals surface area contributed by atoms with Crippen LogP contribution in [0.3, 0.4) is 0 Å². The first kappa shape index (κ1) is 15.5. The van der Waals surface area contributed by atoms with Gasteiger partial charge in [0.05, 0.1) is 5.02 Å². The summed E-state index contributed by atoms with van der Waals surface area (Å²) in [6.07, 6.45) is 0.954. The third kappa shape index (κ3) is 2.77. The van der Waals surface area contributed by atoms with Gasteiger partial charge in [0.2, 0.25) is 0 Å². The van der Waals surface area contributed by atoms with E-state index in [4.69, 9.17) is 11.6 Å². The molecule has 0 spiro atoms. The molecule has 1 aliphatic heterocycles. The predicted molar refractivity (Wildman–Crippen MR) is 100 cm³/mol. The van der Waals surface area contributed by atoms with Crippen molar-refractivity contribution in [3.8, 4) is 5.75 Å². The number of halogens is 1. The number of hydrogen-bond acceptors (Lipinski definition) is 2. The van der Waals surface area contributed by atoms with Gasteiger partial charge < -0.3 is 10.0 Å². The van der Waals surface area contributed by atoms with Crippen LogP contribution in [0.2, 0.25) is 5.02 Å². The Hall–Kier alpha value is -2.03. The molecule has 1 N–H and O–H groups in total. The molecule has 0 saturated carbocycles.